The first-order valence-electron chi connectivity index (χ1n) is 8.39. The molecule has 1 aromatic heterocycles. The molecular weight excluding hydrogens is 325 g/mol. The van der Waals surface area contributed by atoms with E-state index in [1.165, 1.54) is 12.1 Å². The van der Waals surface area contributed by atoms with Gasteiger partial charge in [-0.25, -0.2) is 4.39 Å². The van der Waals surface area contributed by atoms with E-state index in [1.54, 1.807) is 32.0 Å². The molecule has 2 N–H and O–H groups in total. The molecule has 0 saturated heterocycles. The average molecular weight is 347 g/mol. The van der Waals surface area contributed by atoms with Crippen molar-refractivity contribution >= 4 is 5.91 Å². The summed E-state index contributed by atoms with van der Waals surface area (Å²) in [6.45, 7) is 3.89. The van der Waals surface area contributed by atoms with Crippen LogP contribution in [0.4, 0.5) is 4.39 Å². The van der Waals surface area contributed by atoms with Crippen LogP contribution in [0.25, 0.3) is 0 Å². The number of aryl methyl sites for hydroxylation is 2. The summed E-state index contributed by atoms with van der Waals surface area (Å²) >= 11 is 0. The molecule has 0 spiro atoms. The number of amides is 1. The van der Waals surface area contributed by atoms with E-state index in [0.29, 0.717) is 35.8 Å². The van der Waals surface area contributed by atoms with Crippen LogP contribution in [0, 0.1) is 25.6 Å². The van der Waals surface area contributed by atoms with Gasteiger partial charge in [-0.05, 0) is 44.9 Å². The van der Waals surface area contributed by atoms with Crippen molar-refractivity contribution in [2.75, 3.05) is 6.54 Å². The van der Waals surface area contributed by atoms with E-state index >= 15 is 0 Å². The van der Waals surface area contributed by atoms with Crippen LogP contribution in [0.5, 0.6) is 5.75 Å². The van der Waals surface area contributed by atoms with Crippen molar-refractivity contribution in [3.63, 3.8) is 0 Å². The van der Waals surface area contributed by atoms with Gasteiger partial charge in [-0.1, -0.05) is 6.07 Å². The third kappa shape index (κ3) is 4.02. The molecule has 1 saturated carbocycles. The molecular formula is C19H22FNO4. The number of hydrogen-bond donors (Lipinski definition) is 2. The molecule has 5 nitrogen and oxygen atoms in total. The van der Waals surface area contributed by atoms with Crippen molar-refractivity contribution in [2.24, 2.45) is 5.92 Å². The normalized spacial score (nSPS) is 22.8. The zero-order valence-corrected chi connectivity index (χ0v) is 14.3. The second kappa shape index (κ2) is 7.27. The molecule has 134 valence electrons. The van der Waals surface area contributed by atoms with E-state index in [0.717, 1.165) is 6.42 Å². The summed E-state index contributed by atoms with van der Waals surface area (Å²) in [5.74, 6) is 0.978. The standard InChI is InChI=1S/C19H22FNO4/c1-11-8-16(12(2)24-11)19(23)21-10-13-6-7-17(18(13)22)25-15-5-3-4-14(20)9-15/h3-5,8-9,13,17-18,22H,6-7,10H2,1-2H3,(H,21,23)/t13-,17-,18-/m1/s1. The zero-order valence-electron chi connectivity index (χ0n) is 14.3. The quantitative estimate of drug-likeness (QED) is 0.872. The molecule has 0 unspecified atom stereocenters. The van der Waals surface area contributed by atoms with Gasteiger partial charge in [0, 0.05) is 18.5 Å². The number of nitrogens with one attached hydrogen (secondary N) is 1. The van der Waals surface area contributed by atoms with Gasteiger partial charge in [-0.2, -0.15) is 0 Å². The van der Waals surface area contributed by atoms with Crippen molar-refractivity contribution in [1.29, 1.82) is 0 Å². The third-order valence-electron chi connectivity index (χ3n) is 4.58. The van der Waals surface area contributed by atoms with Gasteiger partial charge in [-0.3, -0.25) is 4.79 Å². The third-order valence-corrected chi connectivity index (χ3v) is 4.58. The Kier molecular flexibility index (Phi) is 5.08. The van der Waals surface area contributed by atoms with E-state index in [-0.39, 0.29) is 17.6 Å². The van der Waals surface area contributed by atoms with Gasteiger partial charge in [0.15, 0.2) is 0 Å². The molecule has 0 radical (unpaired) electrons. The number of carbonyl (C=O) groups is 1. The monoisotopic (exact) mass is 347 g/mol. The first kappa shape index (κ1) is 17.5. The van der Waals surface area contributed by atoms with Crippen molar-refractivity contribution in [2.45, 2.75) is 38.9 Å². The lowest BCUT2D eigenvalue weighted by Crippen LogP contribution is -2.37. The maximum absolute atomic E-state index is 13.2. The SMILES string of the molecule is Cc1cc(C(=O)NC[C@H]2CC[C@@H](Oc3cccc(F)c3)[C@@H]2O)c(C)o1. The lowest BCUT2D eigenvalue weighted by molar-refractivity contribution is 0.0347. The minimum atomic E-state index is -0.712. The number of aliphatic hydroxyl groups is 1. The van der Waals surface area contributed by atoms with Crippen LogP contribution >= 0.6 is 0 Å². The number of hydrogen-bond acceptors (Lipinski definition) is 4. The van der Waals surface area contributed by atoms with E-state index < -0.39 is 12.2 Å². The predicted molar refractivity (Wildman–Crippen MR) is 90.1 cm³/mol. The van der Waals surface area contributed by atoms with Gasteiger partial charge in [0.25, 0.3) is 5.91 Å². The summed E-state index contributed by atoms with van der Waals surface area (Å²) in [7, 11) is 0. The maximum Gasteiger partial charge on any atom is 0.254 e. The Morgan fingerprint density at radius 2 is 2.16 bits per heavy atom. The molecule has 25 heavy (non-hydrogen) atoms. The van der Waals surface area contributed by atoms with Crippen LogP contribution in [0.1, 0.15) is 34.7 Å². The Bertz CT molecular complexity index is 758. The molecule has 3 atom stereocenters. The van der Waals surface area contributed by atoms with Crippen LogP contribution in [0.3, 0.4) is 0 Å². The topological polar surface area (TPSA) is 71.7 Å². The highest BCUT2D eigenvalue weighted by atomic mass is 19.1. The summed E-state index contributed by atoms with van der Waals surface area (Å²) in [6.07, 6.45) is 0.268. The summed E-state index contributed by atoms with van der Waals surface area (Å²) in [4.78, 5) is 12.2. The minimum Gasteiger partial charge on any atom is -0.488 e. The van der Waals surface area contributed by atoms with Crippen LogP contribution in [-0.2, 0) is 0 Å². The van der Waals surface area contributed by atoms with Crippen molar-refractivity contribution in [3.8, 4) is 5.75 Å². The van der Waals surface area contributed by atoms with Gasteiger partial charge in [-0.15, -0.1) is 0 Å². The number of aliphatic hydroxyl groups excluding tert-OH is 1. The molecule has 1 aromatic carbocycles. The first-order chi connectivity index (χ1) is 11.9. The Balaban J connectivity index is 1.54. The average Bonchev–Trinajstić information content (AvgIpc) is 3.08. The molecule has 1 fully saturated rings. The van der Waals surface area contributed by atoms with Crippen molar-refractivity contribution in [1.82, 2.24) is 5.32 Å². The van der Waals surface area contributed by atoms with Gasteiger partial charge >= 0.3 is 0 Å². The predicted octanol–water partition coefficient (Wildman–Crippen LogP) is 2.98. The van der Waals surface area contributed by atoms with Crippen molar-refractivity contribution < 1.29 is 23.4 Å². The fourth-order valence-electron chi connectivity index (χ4n) is 3.27. The zero-order chi connectivity index (χ0) is 18.0. The van der Waals surface area contributed by atoms with Gasteiger partial charge in [0.05, 0.1) is 11.7 Å². The molecule has 1 amide bonds. The summed E-state index contributed by atoms with van der Waals surface area (Å²) in [5, 5.41) is 13.3. The highest BCUT2D eigenvalue weighted by Crippen LogP contribution is 2.29. The molecule has 1 heterocycles. The fraction of sp³-hybridized carbons (Fsp3) is 0.421. The molecule has 1 aliphatic carbocycles. The molecule has 0 aliphatic heterocycles. The Morgan fingerprint density at radius 1 is 1.36 bits per heavy atom. The molecule has 2 aromatic rings. The van der Waals surface area contributed by atoms with E-state index in [9.17, 15) is 14.3 Å². The molecule has 1 aliphatic rings. The second-order valence-corrected chi connectivity index (χ2v) is 6.48. The largest absolute Gasteiger partial charge is 0.488 e. The van der Waals surface area contributed by atoms with Crippen LogP contribution in [0.15, 0.2) is 34.7 Å². The van der Waals surface area contributed by atoms with Gasteiger partial charge in [0.1, 0.15) is 29.2 Å². The Labute approximate surface area is 145 Å². The molecule has 3 rings (SSSR count). The van der Waals surface area contributed by atoms with Crippen LogP contribution in [0.2, 0.25) is 0 Å². The Hall–Kier alpha value is -2.34. The van der Waals surface area contributed by atoms with E-state index in [2.05, 4.69) is 5.32 Å². The molecule has 0 bridgehead atoms. The minimum absolute atomic E-state index is 0.101. The first-order valence-corrected chi connectivity index (χ1v) is 8.39. The van der Waals surface area contributed by atoms with E-state index in [1.807, 2.05) is 0 Å². The molecule has 6 heteroatoms. The van der Waals surface area contributed by atoms with Gasteiger partial charge in [0.2, 0.25) is 0 Å². The van der Waals surface area contributed by atoms with Crippen LogP contribution < -0.4 is 10.1 Å². The van der Waals surface area contributed by atoms with Gasteiger partial charge < -0.3 is 19.6 Å². The number of benzene rings is 1. The summed E-state index contributed by atoms with van der Waals surface area (Å²) in [6, 6.07) is 7.57. The fourth-order valence-corrected chi connectivity index (χ4v) is 3.27. The smallest absolute Gasteiger partial charge is 0.254 e. The Morgan fingerprint density at radius 3 is 2.84 bits per heavy atom. The lowest BCUT2D eigenvalue weighted by Gasteiger charge is -2.21. The highest BCUT2D eigenvalue weighted by molar-refractivity contribution is 5.95. The number of furan rings is 1. The number of rotatable bonds is 5. The number of ether oxygens (including phenoxy) is 1. The summed E-state index contributed by atoms with van der Waals surface area (Å²) < 4.78 is 24.3. The van der Waals surface area contributed by atoms with Crippen molar-refractivity contribution in [3.05, 3.63) is 53.2 Å². The second-order valence-electron chi connectivity index (χ2n) is 6.48. The number of carbonyl (C=O) groups excluding carboxylic acids is 1. The van der Waals surface area contributed by atoms with Crippen LogP contribution in [-0.4, -0.2) is 29.8 Å². The lowest BCUT2D eigenvalue weighted by atomic mass is 10.1. The van der Waals surface area contributed by atoms with E-state index in [4.69, 9.17) is 9.15 Å². The maximum atomic E-state index is 13.2. The highest BCUT2D eigenvalue weighted by Gasteiger charge is 2.36. The summed E-state index contributed by atoms with van der Waals surface area (Å²) in [5.41, 5.74) is 0.512. The number of halogens is 1.